The number of hydrogen-bond donors (Lipinski definition) is 1. The summed E-state index contributed by atoms with van der Waals surface area (Å²) in [5.74, 6) is 1.35. The predicted molar refractivity (Wildman–Crippen MR) is 108 cm³/mol. The second kappa shape index (κ2) is 10.4. The van der Waals surface area contributed by atoms with Crippen molar-refractivity contribution in [2.24, 2.45) is 7.05 Å². The Morgan fingerprint density at radius 2 is 2.04 bits per heavy atom. The Morgan fingerprint density at radius 3 is 2.75 bits per heavy atom. The quantitative estimate of drug-likeness (QED) is 0.396. The molecule has 0 spiro atoms. The summed E-state index contributed by atoms with van der Waals surface area (Å²) < 4.78 is 20.5. The van der Waals surface area contributed by atoms with Gasteiger partial charge in [-0.15, -0.1) is 5.10 Å². The van der Waals surface area contributed by atoms with E-state index in [1.807, 2.05) is 31.3 Å². The number of rotatable bonds is 10. The highest BCUT2D eigenvalue weighted by molar-refractivity contribution is 7.99. The van der Waals surface area contributed by atoms with Crippen LogP contribution < -0.4 is 10.1 Å². The summed E-state index contributed by atoms with van der Waals surface area (Å²) >= 11 is 7.66. The number of thioether (sulfide) groups is 1. The molecule has 9 heteroatoms. The Bertz CT molecular complexity index is 890. The van der Waals surface area contributed by atoms with Crippen molar-refractivity contribution in [3.05, 3.63) is 64.4 Å². The van der Waals surface area contributed by atoms with Gasteiger partial charge in [0.15, 0.2) is 0 Å². The van der Waals surface area contributed by atoms with Crippen LogP contribution in [0.25, 0.3) is 0 Å². The average molecular weight is 422 g/mol. The molecule has 0 unspecified atom stereocenters. The number of halogens is 2. The van der Waals surface area contributed by atoms with Crippen LogP contribution in [0.4, 0.5) is 4.39 Å². The van der Waals surface area contributed by atoms with Gasteiger partial charge in [0.05, 0.1) is 5.02 Å². The molecule has 0 radical (unpaired) electrons. The van der Waals surface area contributed by atoms with Gasteiger partial charge in [-0.1, -0.05) is 41.6 Å². The molecule has 0 fully saturated rings. The predicted octanol–water partition coefficient (Wildman–Crippen LogP) is 3.85. The number of hydrogen-bond acceptors (Lipinski definition) is 6. The molecule has 0 aliphatic heterocycles. The van der Waals surface area contributed by atoms with E-state index in [1.165, 1.54) is 17.7 Å². The summed E-state index contributed by atoms with van der Waals surface area (Å²) in [4.78, 5) is 0. The van der Waals surface area contributed by atoms with E-state index in [-0.39, 0.29) is 5.82 Å². The molecule has 0 saturated carbocycles. The molecule has 0 aliphatic carbocycles. The van der Waals surface area contributed by atoms with Crippen LogP contribution in [0.15, 0.2) is 47.6 Å². The third kappa shape index (κ3) is 6.19. The fourth-order valence-electron chi connectivity index (χ4n) is 2.44. The first kappa shape index (κ1) is 20.6. The number of nitrogens with one attached hydrogen (secondary N) is 1. The lowest BCUT2D eigenvalue weighted by Crippen LogP contribution is -2.15. The fraction of sp³-hybridized carbons (Fsp3) is 0.316. The van der Waals surface area contributed by atoms with Gasteiger partial charge in [-0.05, 0) is 53.2 Å². The van der Waals surface area contributed by atoms with Gasteiger partial charge in [0.1, 0.15) is 18.2 Å². The van der Waals surface area contributed by atoms with Crippen LogP contribution >= 0.6 is 23.4 Å². The number of nitrogens with zero attached hydrogens (tertiary/aromatic N) is 4. The highest BCUT2D eigenvalue weighted by atomic mass is 35.5. The first-order chi connectivity index (χ1) is 13.6. The second-order valence-corrected chi connectivity index (χ2v) is 7.60. The van der Waals surface area contributed by atoms with E-state index in [9.17, 15) is 4.39 Å². The Labute approximate surface area is 172 Å². The van der Waals surface area contributed by atoms with Gasteiger partial charge < -0.3 is 10.1 Å². The summed E-state index contributed by atoms with van der Waals surface area (Å²) in [7, 11) is 1.84. The summed E-state index contributed by atoms with van der Waals surface area (Å²) in [6.45, 7) is 2.01. The minimum absolute atomic E-state index is 0.301. The smallest absolute Gasteiger partial charge is 0.209 e. The topological polar surface area (TPSA) is 64.9 Å². The largest absolute Gasteiger partial charge is 0.489 e. The lowest BCUT2D eigenvalue weighted by Gasteiger charge is -2.09. The molecule has 0 atom stereocenters. The monoisotopic (exact) mass is 421 g/mol. The molecule has 0 aliphatic rings. The van der Waals surface area contributed by atoms with Gasteiger partial charge in [-0.2, -0.15) is 0 Å². The SMILES string of the molecule is Cn1nnnc1SCCCNCc1ccc(OCc2ccc(F)cc2Cl)cc1. The van der Waals surface area contributed by atoms with Gasteiger partial charge in [-0.3, -0.25) is 0 Å². The van der Waals surface area contributed by atoms with Gasteiger partial charge in [0, 0.05) is 24.9 Å². The molecule has 3 aromatic rings. The first-order valence-electron chi connectivity index (χ1n) is 8.83. The number of benzene rings is 2. The van der Waals surface area contributed by atoms with Crippen molar-refractivity contribution in [2.75, 3.05) is 12.3 Å². The number of ether oxygens (including phenoxy) is 1. The van der Waals surface area contributed by atoms with Crippen LogP contribution in [-0.2, 0) is 20.2 Å². The summed E-state index contributed by atoms with van der Waals surface area (Å²) in [6.07, 6.45) is 1.02. The molecular formula is C19H21ClFN5OS. The molecular weight excluding hydrogens is 401 g/mol. The maximum atomic E-state index is 13.1. The lowest BCUT2D eigenvalue weighted by molar-refractivity contribution is 0.306. The van der Waals surface area contributed by atoms with E-state index in [2.05, 4.69) is 20.8 Å². The third-order valence-electron chi connectivity index (χ3n) is 3.97. The highest BCUT2D eigenvalue weighted by Crippen LogP contribution is 2.20. The van der Waals surface area contributed by atoms with Crippen molar-refractivity contribution in [2.45, 2.75) is 24.7 Å². The third-order valence-corrected chi connectivity index (χ3v) is 5.42. The van der Waals surface area contributed by atoms with E-state index >= 15 is 0 Å². The lowest BCUT2D eigenvalue weighted by atomic mass is 10.2. The minimum Gasteiger partial charge on any atom is -0.489 e. The standard InChI is InChI=1S/C19H21ClFN5OS/c1-26-19(23-24-25-26)28-10-2-9-22-12-14-3-7-17(8-4-14)27-13-15-5-6-16(21)11-18(15)20/h3-8,11,22H,2,9-10,12-13H2,1H3. The molecule has 0 saturated heterocycles. The molecule has 3 rings (SSSR count). The summed E-state index contributed by atoms with van der Waals surface area (Å²) in [6, 6.07) is 12.2. The van der Waals surface area contributed by atoms with Crippen LogP contribution in [0.3, 0.4) is 0 Å². The molecule has 148 valence electrons. The van der Waals surface area contributed by atoms with E-state index in [0.29, 0.717) is 11.6 Å². The maximum Gasteiger partial charge on any atom is 0.209 e. The number of tetrazole rings is 1. The second-order valence-electron chi connectivity index (χ2n) is 6.13. The molecule has 0 bridgehead atoms. The van der Waals surface area contributed by atoms with E-state index in [0.717, 1.165) is 41.7 Å². The van der Waals surface area contributed by atoms with Crippen molar-refractivity contribution >= 4 is 23.4 Å². The first-order valence-corrected chi connectivity index (χ1v) is 10.2. The van der Waals surface area contributed by atoms with Gasteiger partial charge >= 0.3 is 0 Å². The Kier molecular flexibility index (Phi) is 7.64. The maximum absolute atomic E-state index is 13.1. The zero-order chi connectivity index (χ0) is 19.8. The Hall–Kier alpha value is -2.16. The summed E-state index contributed by atoms with van der Waals surface area (Å²) in [5, 5.41) is 16.0. The van der Waals surface area contributed by atoms with E-state index in [1.54, 1.807) is 22.5 Å². The molecule has 1 heterocycles. The van der Waals surface area contributed by atoms with Crippen LogP contribution in [0.1, 0.15) is 17.5 Å². The molecule has 1 N–H and O–H groups in total. The van der Waals surface area contributed by atoms with Crippen molar-refractivity contribution < 1.29 is 9.13 Å². The Balaban J connectivity index is 1.34. The summed E-state index contributed by atoms with van der Waals surface area (Å²) in [5.41, 5.74) is 1.93. The molecule has 2 aromatic carbocycles. The number of aromatic nitrogens is 4. The van der Waals surface area contributed by atoms with E-state index in [4.69, 9.17) is 16.3 Å². The van der Waals surface area contributed by atoms with Crippen LogP contribution in [0.5, 0.6) is 5.75 Å². The molecule has 1 aromatic heterocycles. The van der Waals surface area contributed by atoms with Crippen LogP contribution in [0.2, 0.25) is 5.02 Å². The van der Waals surface area contributed by atoms with Gasteiger partial charge in [-0.25, -0.2) is 9.07 Å². The van der Waals surface area contributed by atoms with Crippen LogP contribution in [0, 0.1) is 5.82 Å². The zero-order valence-corrected chi connectivity index (χ0v) is 17.0. The minimum atomic E-state index is -0.352. The Morgan fingerprint density at radius 1 is 1.21 bits per heavy atom. The number of aryl methyl sites for hydroxylation is 1. The van der Waals surface area contributed by atoms with E-state index < -0.39 is 0 Å². The van der Waals surface area contributed by atoms with Crippen molar-refractivity contribution in [3.63, 3.8) is 0 Å². The molecule has 0 amide bonds. The normalized spacial score (nSPS) is 11.0. The van der Waals surface area contributed by atoms with Crippen molar-refractivity contribution in [1.29, 1.82) is 0 Å². The van der Waals surface area contributed by atoms with Gasteiger partial charge in [0.25, 0.3) is 0 Å². The van der Waals surface area contributed by atoms with Crippen molar-refractivity contribution in [1.82, 2.24) is 25.5 Å². The average Bonchev–Trinajstić information content (AvgIpc) is 3.10. The van der Waals surface area contributed by atoms with Crippen LogP contribution in [-0.4, -0.2) is 32.5 Å². The zero-order valence-electron chi connectivity index (χ0n) is 15.4. The molecule has 6 nitrogen and oxygen atoms in total. The fourth-order valence-corrected chi connectivity index (χ4v) is 3.45. The van der Waals surface area contributed by atoms with Crippen molar-refractivity contribution in [3.8, 4) is 5.75 Å². The van der Waals surface area contributed by atoms with Gasteiger partial charge in [0.2, 0.25) is 5.16 Å². The molecule has 28 heavy (non-hydrogen) atoms. The highest BCUT2D eigenvalue weighted by Gasteiger charge is 2.04.